The van der Waals surface area contributed by atoms with Crippen LogP contribution >= 0.6 is 0 Å². The Balaban J connectivity index is 1.13. The second-order valence-corrected chi connectivity index (χ2v) is 14.9. The normalized spacial score (nSPS) is 26.0. The molecule has 5 atom stereocenters. The van der Waals surface area contributed by atoms with Crippen LogP contribution in [0.1, 0.15) is 83.1 Å². The van der Waals surface area contributed by atoms with Crippen molar-refractivity contribution in [2.75, 3.05) is 46.2 Å². The summed E-state index contributed by atoms with van der Waals surface area (Å²) in [6.45, 7) is 4.77. The van der Waals surface area contributed by atoms with Crippen molar-refractivity contribution in [1.29, 1.82) is 5.26 Å². The molecule has 1 aromatic carbocycles. The minimum absolute atomic E-state index is 0.0240. The number of nitriles is 1. The van der Waals surface area contributed by atoms with Gasteiger partial charge in [-0.1, -0.05) is 11.2 Å². The van der Waals surface area contributed by atoms with Gasteiger partial charge in [0, 0.05) is 55.9 Å². The molecular weight excluding hydrogens is 662 g/mol. The SMILES string of the molecule is CO[C@H]1CCN(C)[C@@H]1[C@H](C)Oc1cc(-n2cc3c(n2)C(=O)N([C@@H]2CCOC2)CC3)nc(-c2noc3c2CCC[C@@]32CCc3ccc(N)c(C#N)c32)n1. The number of fused-ring (bicyclic) bond motifs is 5. The number of nitrogens with two attached hydrogens (primary N) is 1. The summed E-state index contributed by atoms with van der Waals surface area (Å²) < 4.78 is 26.0. The Morgan fingerprint density at radius 3 is 2.81 bits per heavy atom. The van der Waals surface area contributed by atoms with Gasteiger partial charge in [-0.2, -0.15) is 15.3 Å². The highest BCUT2D eigenvalue weighted by Gasteiger charge is 2.49. The van der Waals surface area contributed by atoms with Gasteiger partial charge in [0.2, 0.25) is 5.88 Å². The Hall–Kier alpha value is -4.84. The molecule has 3 aromatic heterocycles. The number of anilines is 1. The zero-order valence-electron chi connectivity index (χ0n) is 29.8. The summed E-state index contributed by atoms with van der Waals surface area (Å²) in [5.74, 6) is 1.84. The first kappa shape index (κ1) is 33.0. The number of amides is 1. The Labute approximate surface area is 301 Å². The van der Waals surface area contributed by atoms with E-state index in [1.165, 1.54) is 0 Å². The number of likely N-dealkylation sites (N-methyl/N-ethyl adjacent to an activating group) is 1. The molecular formula is C38H43N9O5. The van der Waals surface area contributed by atoms with Crippen LogP contribution in [-0.2, 0) is 34.2 Å². The number of nitrogens with zero attached hydrogens (tertiary/aromatic N) is 8. The molecule has 0 radical (unpaired) electrons. The van der Waals surface area contributed by atoms with Gasteiger partial charge in [-0.05, 0) is 82.5 Å². The first-order chi connectivity index (χ1) is 25.3. The van der Waals surface area contributed by atoms with E-state index in [0.29, 0.717) is 66.3 Å². The molecule has 1 amide bonds. The summed E-state index contributed by atoms with van der Waals surface area (Å²) >= 11 is 0. The third-order valence-corrected chi connectivity index (χ3v) is 12.1. The summed E-state index contributed by atoms with van der Waals surface area (Å²) in [5, 5.41) is 19.6. The summed E-state index contributed by atoms with van der Waals surface area (Å²) in [4.78, 5) is 27.8. The average molecular weight is 706 g/mol. The summed E-state index contributed by atoms with van der Waals surface area (Å²) in [6, 6.07) is 8.10. The van der Waals surface area contributed by atoms with Crippen LogP contribution in [0.15, 0.2) is 28.9 Å². The first-order valence-electron chi connectivity index (χ1n) is 18.4. The van der Waals surface area contributed by atoms with Crippen LogP contribution in [0.2, 0.25) is 0 Å². The number of ether oxygens (including phenoxy) is 3. The van der Waals surface area contributed by atoms with Gasteiger partial charge in [0.05, 0.1) is 35.8 Å². The van der Waals surface area contributed by atoms with E-state index in [9.17, 15) is 10.1 Å². The molecule has 270 valence electrons. The van der Waals surface area contributed by atoms with Gasteiger partial charge in [0.1, 0.15) is 12.2 Å². The Morgan fingerprint density at radius 2 is 2.00 bits per heavy atom. The number of methoxy groups -OCH3 is 1. The lowest BCUT2D eigenvalue weighted by Crippen LogP contribution is -2.45. The molecule has 2 N–H and O–H groups in total. The third kappa shape index (κ3) is 5.12. The molecule has 0 bridgehead atoms. The van der Waals surface area contributed by atoms with E-state index in [-0.39, 0.29) is 30.2 Å². The maximum atomic E-state index is 13.7. The number of carbonyl (C=O) groups is 1. The van der Waals surface area contributed by atoms with E-state index in [2.05, 4.69) is 23.2 Å². The molecule has 5 aliphatic rings. The van der Waals surface area contributed by atoms with Crippen molar-refractivity contribution in [1.82, 2.24) is 34.7 Å². The fourth-order valence-electron chi connectivity index (χ4n) is 9.55. The number of hydrogen-bond donors (Lipinski definition) is 1. The fraction of sp³-hybridized carbons (Fsp3) is 0.526. The quantitative estimate of drug-likeness (QED) is 0.278. The predicted octanol–water partition coefficient (Wildman–Crippen LogP) is 3.61. The van der Waals surface area contributed by atoms with Gasteiger partial charge >= 0.3 is 0 Å². The molecule has 0 saturated carbocycles. The van der Waals surface area contributed by atoms with E-state index < -0.39 is 5.41 Å². The van der Waals surface area contributed by atoms with Crippen molar-refractivity contribution in [2.24, 2.45) is 0 Å². The standard InChI is InChI=1S/C38H43N9O5/c1-21(34-28(49-3)10-14-45(34)2)51-30-17-29(47-19-23-9-15-46(24-11-16-50-20-24)37(48)32(23)43-47)41-36(42-30)33-25-5-4-12-38(35(25)52-44-33)13-8-22-6-7-27(40)26(18-39)31(22)38/h6-7,17,19,21,24,28,34H,4-5,8-16,20,40H2,1-3H3/t21-,24+,28-,34+,38-/m0/s1. The minimum Gasteiger partial charge on any atom is -0.473 e. The first-order valence-corrected chi connectivity index (χ1v) is 18.4. The molecule has 3 aliphatic heterocycles. The van der Waals surface area contributed by atoms with Crippen LogP contribution in [0.25, 0.3) is 17.3 Å². The Bertz CT molecular complexity index is 2100. The third-order valence-electron chi connectivity index (χ3n) is 12.1. The molecule has 9 rings (SSSR count). The van der Waals surface area contributed by atoms with Gasteiger partial charge in [0.25, 0.3) is 5.91 Å². The molecule has 14 nitrogen and oxygen atoms in total. The Morgan fingerprint density at radius 1 is 1.12 bits per heavy atom. The lowest BCUT2D eigenvalue weighted by atomic mass is 9.68. The van der Waals surface area contributed by atoms with E-state index in [0.717, 1.165) is 79.5 Å². The summed E-state index contributed by atoms with van der Waals surface area (Å²) in [7, 11) is 3.82. The molecule has 6 heterocycles. The van der Waals surface area contributed by atoms with Crippen LogP contribution in [0, 0.1) is 11.3 Å². The molecule has 14 heteroatoms. The van der Waals surface area contributed by atoms with Crippen LogP contribution < -0.4 is 10.5 Å². The molecule has 1 spiro atoms. The second kappa shape index (κ2) is 12.7. The number of carbonyl (C=O) groups excluding carboxylic acids is 1. The smallest absolute Gasteiger partial charge is 0.274 e. The van der Waals surface area contributed by atoms with Crippen molar-refractivity contribution in [3.63, 3.8) is 0 Å². The fourth-order valence-corrected chi connectivity index (χ4v) is 9.55. The number of likely N-dealkylation sites (tertiary alicyclic amines) is 1. The van der Waals surface area contributed by atoms with Gasteiger partial charge < -0.3 is 29.4 Å². The van der Waals surface area contributed by atoms with Crippen LogP contribution in [0.3, 0.4) is 0 Å². The maximum Gasteiger partial charge on any atom is 0.274 e. The highest BCUT2D eigenvalue weighted by molar-refractivity contribution is 5.95. The monoisotopic (exact) mass is 705 g/mol. The lowest BCUT2D eigenvalue weighted by Gasteiger charge is -2.33. The topological polar surface area (TPSA) is 171 Å². The summed E-state index contributed by atoms with van der Waals surface area (Å²) in [5.41, 5.74) is 11.7. The molecule has 0 unspecified atom stereocenters. The van der Waals surface area contributed by atoms with E-state index in [1.54, 1.807) is 17.9 Å². The van der Waals surface area contributed by atoms with Crippen molar-refractivity contribution in [3.05, 3.63) is 63.7 Å². The van der Waals surface area contributed by atoms with Gasteiger partial charge in [-0.25, -0.2) is 9.67 Å². The van der Waals surface area contributed by atoms with Crippen LogP contribution in [0.4, 0.5) is 5.69 Å². The number of aryl methyl sites for hydroxylation is 1. The van der Waals surface area contributed by atoms with Crippen LogP contribution in [-0.4, -0.2) is 105 Å². The zero-order valence-corrected chi connectivity index (χ0v) is 29.8. The van der Waals surface area contributed by atoms with Gasteiger partial charge in [-0.15, -0.1) is 0 Å². The minimum atomic E-state index is -0.500. The highest BCUT2D eigenvalue weighted by Crippen LogP contribution is 2.54. The Kier molecular flexibility index (Phi) is 8.05. The predicted molar refractivity (Wildman–Crippen MR) is 188 cm³/mol. The van der Waals surface area contributed by atoms with Gasteiger partial charge in [0.15, 0.2) is 28.8 Å². The number of aromatic nitrogens is 5. The number of benzene rings is 1. The average Bonchev–Trinajstić information content (AvgIpc) is 3.99. The molecule has 4 aromatic rings. The van der Waals surface area contributed by atoms with E-state index in [4.69, 9.17) is 39.5 Å². The van der Waals surface area contributed by atoms with Crippen molar-refractivity contribution < 1.29 is 23.5 Å². The second-order valence-electron chi connectivity index (χ2n) is 14.9. The molecule has 52 heavy (non-hydrogen) atoms. The molecule has 2 aliphatic carbocycles. The largest absolute Gasteiger partial charge is 0.473 e. The van der Waals surface area contributed by atoms with E-state index in [1.807, 2.05) is 30.2 Å². The molecule has 2 saturated heterocycles. The zero-order chi connectivity index (χ0) is 35.7. The number of nitrogen functional groups attached to an aromatic ring is 1. The van der Waals surface area contributed by atoms with Crippen LogP contribution in [0.5, 0.6) is 5.88 Å². The summed E-state index contributed by atoms with van der Waals surface area (Å²) in [6.07, 6.45) is 8.16. The molecule has 2 fully saturated rings. The van der Waals surface area contributed by atoms with Gasteiger partial charge in [-0.3, -0.25) is 9.69 Å². The van der Waals surface area contributed by atoms with Crippen molar-refractivity contribution in [2.45, 2.75) is 88.0 Å². The number of hydrogen-bond acceptors (Lipinski definition) is 12. The highest BCUT2D eigenvalue weighted by atomic mass is 16.5. The van der Waals surface area contributed by atoms with Crippen molar-refractivity contribution >= 4 is 11.6 Å². The maximum absolute atomic E-state index is 13.7. The lowest BCUT2D eigenvalue weighted by molar-refractivity contribution is 0.0174. The van der Waals surface area contributed by atoms with E-state index >= 15 is 0 Å². The number of rotatable bonds is 7. The van der Waals surface area contributed by atoms with Crippen molar-refractivity contribution in [3.8, 4) is 29.3 Å².